The molecule has 2 N–H and O–H groups in total. The second-order valence-corrected chi connectivity index (χ2v) is 8.53. The lowest BCUT2D eigenvalue weighted by Gasteiger charge is -2.33. The molecule has 3 fully saturated rings. The number of carbonyl (C=O) groups excluding carboxylic acids is 1. The van der Waals surface area contributed by atoms with E-state index in [0.717, 1.165) is 44.5 Å². The Bertz CT molecular complexity index is 947. The molecule has 0 bridgehead atoms. The Balaban J connectivity index is 1.23. The molecule has 2 saturated carbocycles. The number of rotatable bonds is 5. The first-order chi connectivity index (χ1) is 13.5. The number of anilines is 1. The number of aromatic amines is 1. The topological polar surface area (TPSA) is 104 Å². The zero-order valence-corrected chi connectivity index (χ0v) is 16.0. The van der Waals surface area contributed by atoms with Gasteiger partial charge in [0.2, 0.25) is 5.91 Å². The molecule has 1 aliphatic heterocycles. The minimum absolute atomic E-state index is 0.0434. The summed E-state index contributed by atoms with van der Waals surface area (Å²) in [6, 6.07) is 3.31. The fourth-order valence-corrected chi connectivity index (χ4v) is 4.08. The molecule has 2 aliphatic carbocycles. The van der Waals surface area contributed by atoms with Gasteiger partial charge in [-0.15, -0.1) is 5.10 Å². The van der Waals surface area contributed by atoms with Crippen LogP contribution in [0.25, 0.3) is 11.5 Å². The largest absolute Gasteiger partial charge is 0.403 e. The molecule has 8 heteroatoms. The molecule has 3 heterocycles. The summed E-state index contributed by atoms with van der Waals surface area (Å²) in [6.45, 7) is 3.44. The van der Waals surface area contributed by atoms with Gasteiger partial charge in [0.15, 0.2) is 0 Å². The third-order valence-electron chi connectivity index (χ3n) is 6.41. The molecule has 1 atom stereocenters. The fraction of sp³-hybridized carbons (Fsp3) is 0.600. The van der Waals surface area contributed by atoms with Crippen molar-refractivity contribution in [3.63, 3.8) is 0 Å². The number of aromatic nitrogens is 3. The molecule has 8 nitrogen and oxygen atoms in total. The number of nitrogens with one attached hydrogen (secondary N) is 2. The average Bonchev–Trinajstić information content (AvgIpc) is 3.62. The van der Waals surface area contributed by atoms with Gasteiger partial charge >= 0.3 is 6.01 Å². The molecule has 0 aromatic carbocycles. The molecular formula is C20H25N5O3. The van der Waals surface area contributed by atoms with E-state index in [4.69, 9.17) is 4.42 Å². The monoisotopic (exact) mass is 383 g/mol. The summed E-state index contributed by atoms with van der Waals surface area (Å²) >= 11 is 0. The van der Waals surface area contributed by atoms with Crippen LogP contribution in [0.15, 0.2) is 21.3 Å². The smallest absolute Gasteiger partial charge is 0.316 e. The van der Waals surface area contributed by atoms with Gasteiger partial charge in [-0.05, 0) is 68.9 Å². The molecule has 1 saturated heterocycles. The van der Waals surface area contributed by atoms with Crippen molar-refractivity contribution in [2.24, 2.45) is 5.41 Å². The van der Waals surface area contributed by atoms with E-state index in [1.807, 2.05) is 11.0 Å². The number of H-pyrrole nitrogens is 1. The van der Waals surface area contributed by atoms with Crippen molar-refractivity contribution in [3.05, 3.63) is 28.2 Å². The third kappa shape index (κ3) is 3.31. The normalized spacial score (nSPS) is 21.5. The first-order valence-electron chi connectivity index (χ1n) is 10.2. The van der Waals surface area contributed by atoms with Crippen molar-refractivity contribution in [3.8, 4) is 11.5 Å². The van der Waals surface area contributed by atoms with Gasteiger partial charge in [-0.25, -0.2) is 0 Å². The minimum Gasteiger partial charge on any atom is -0.403 e. The predicted molar refractivity (Wildman–Crippen MR) is 103 cm³/mol. The van der Waals surface area contributed by atoms with E-state index in [0.29, 0.717) is 16.9 Å². The van der Waals surface area contributed by atoms with Gasteiger partial charge in [0.1, 0.15) is 11.6 Å². The highest BCUT2D eigenvalue weighted by Gasteiger charge is 2.45. The Morgan fingerprint density at radius 2 is 2.00 bits per heavy atom. The Labute approximate surface area is 162 Å². The van der Waals surface area contributed by atoms with Gasteiger partial charge < -0.3 is 19.6 Å². The van der Waals surface area contributed by atoms with Crippen LogP contribution in [0.4, 0.5) is 6.01 Å². The van der Waals surface area contributed by atoms with Crippen LogP contribution in [0.5, 0.6) is 0 Å². The first-order valence-corrected chi connectivity index (χ1v) is 10.2. The molecule has 28 heavy (non-hydrogen) atoms. The van der Waals surface area contributed by atoms with Crippen molar-refractivity contribution in [2.45, 2.75) is 57.4 Å². The zero-order valence-electron chi connectivity index (χ0n) is 16.0. The van der Waals surface area contributed by atoms with Crippen LogP contribution in [0.2, 0.25) is 0 Å². The minimum atomic E-state index is -0.461. The summed E-state index contributed by atoms with van der Waals surface area (Å²) in [6.07, 6.45) is 7.08. The lowest BCUT2D eigenvalue weighted by molar-refractivity contribution is -0.133. The van der Waals surface area contributed by atoms with Gasteiger partial charge in [0.25, 0.3) is 11.4 Å². The van der Waals surface area contributed by atoms with E-state index >= 15 is 0 Å². The van der Waals surface area contributed by atoms with Crippen LogP contribution in [0.1, 0.15) is 57.1 Å². The molecule has 5 rings (SSSR count). The SMILES string of the molecule is C[C@H](Nc1nnc(-c2ccc(C3CC3)[nH]c2=O)o1)C(=O)N1CCC2(CC1)CC2. The second kappa shape index (κ2) is 6.46. The van der Waals surface area contributed by atoms with Gasteiger partial charge in [-0.2, -0.15) is 0 Å². The number of carbonyl (C=O) groups is 1. The summed E-state index contributed by atoms with van der Waals surface area (Å²) in [5, 5.41) is 10.9. The molecule has 0 radical (unpaired) electrons. The Kier molecular flexibility index (Phi) is 4.03. The summed E-state index contributed by atoms with van der Waals surface area (Å²) in [4.78, 5) is 29.8. The van der Waals surface area contributed by atoms with Crippen molar-refractivity contribution < 1.29 is 9.21 Å². The van der Waals surface area contributed by atoms with Gasteiger partial charge in [-0.1, -0.05) is 5.10 Å². The van der Waals surface area contributed by atoms with E-state index in [-0.39, 0.29) is 23.4 Å². The lowest BCUT2D eigenvalue weighted by Crippen LogP contribution is -2.45. The van der Waals surface area contributed by atoms with E-state index in [1.165, 1.54) is 12.8 Å². The Hall–Kier alpha value is -2.64. The number of hydrogen-bond donors (Lipinski definition) is 2. The molecule has 1 amide bonds. The van der Waals surface area contributed by atoms with Crippen LogP contribution < -0.4 is 10.9 Å². The summed E-state index contributed by atoms with van der Waals surface area (Å²) < 4.78 is 5.59. The summed E-state index contributed by atoms with van der Waals surface area (Å²) in [7, 11) is 0. The molecule has 3 aliphatic rings. The maximum Gasteiger partial charge on any atom is 0.316 e. The number of pyridine rings is 1. The number of amides is 1. The Morgan fingerprint density at radius 3 is 2.64 bits per heavy atom. The van der Waals surface area contributed by atoms with Crippen molar-refractivity contribution in [2.75, 3.05) is 18.4 Å². The van der Waals surface area contributed by atoms with Gasteiger partial charge in [0, 0.05) is 18.8 Å². The number of likely N-dealkylation sites (tertiary alicyclic amines) is 1. The maximum absolute atomic E-state index is 12.7. The van der Waals surface area contributed by atoms with Crippen molar-refractivity contribution in [1.82, 2.24) is 20.1 Å². The maximum atomic E-state index is 12.7. The van der Waals surface area contributed by atoms with Gasteiger partial charge in [0.05, 0.1) is 0 Å². The number of hydrogen-bond acceptors (Lipinski definition) is 6. The van der Waals surface area contributed by atoms with Crippen LogP contribution in [0, 0.1) is 5.41 Å². The van der Waals surface area contributed by atoms with Crippen LogP contribution in [-0.2, 0) is 4.79 Å². The zero-order chi connectivity index (χ0) is 19.3. The number of nitrogens with zero attached hydrogens (tertiary/aromatic N) is 3. The molecule has 148 valence electrons. The lowest BCUT2D eigenvalue weighted by atomic mass is 9.93. The highest BCUT2D eigenvalue weighted by Crippen LogP contribution is 2.53. The van der Waals surface area contributed by atoms with E-state index in [1.54, 1.807) is 13.0 Å². The average molecular weight is 383 g/mol. The molecule has 2 aromatic rings. The standard InChI is InChI=1S/C20H25N5O3/c1-12(18(27)25-10-8-20(6-7-20)9-11-25)21-19-24-23-17(28-19)14-4-5-15(13-2-3-13)22-16(14)26/h4-5,12-13H,2-3,6-11H2,1H3,(H,21,24)(H,22,26)/t12-/m0/s1. The summed E-state index contributed by atoms with van der Waals surface area (Å²) in [5.74, 6) is 0.666. The second-order valence-electron chi connectivity index (χ2n) is 8.53. The highest BCUT2D eigenvalue weighted by atomic mass is 16.4. The van der Waals surface area contributed by atoms with Crippen molar-refractivity contribution >= 4 is 11.9 Å². The molecule has 2 aromatic heterocycles. The van der Waals surface area contributed by atoms with E-state index in [2.05, 4.69) is 20.5 Å². The molecular weight excluding hydrogens is 358 g/mol. The van der Waals surface area contributed by atoms with E-state index in [9.17, 15) is 9.59 Å². The fourth-order valence-electron chi connectivity index (χ4n) is 4.08. The molecule has 0 unspecified atom stereocenters. The van der Waals surface area contributed by atoms with Crippen LogP contribution >= 0.6 is 0 Å². The predicted octanol–water partition coefficient (Wildman–Crippen LogP) is 2.51. The molecule has 1 spiro atoms. The van der Waals surface area contributed by atoms with Crippen molar-refractivity contribution in [1.29, 1.82) is 0 Å². The number of piperidine rings is 1. The third-order valence-corrected chi connectivity index (χ3v) is 6.41. The van der Waals surface area contributed by atoms with Crippen LogP contribution in [-0.4, -0.2) is 45.1 Å². The van der Waals surface area contributed by atoms with E-state index < -0.39 is 6.04 Å². The quantitative estimate of drug-likeness (QED) is 0.822. The highest BCUT2D eigenvalue weighted by molar-refractivity contribution is 5.83. The summed E-state index contributed by atoms with van der Waals surface area (Å²) in [5.41, 5.74) is 1.61. The van der Waals surface area contributed by atoms with Gasteiger partial charge in [-0.3, -0.25) is 9.59 Å². The van der Waals surface area contributed by atoms with Crippen LogP contribution in [0.3, 0.4) is 0 Å². The Morgan fingerprint density at radius 1 is 1.25 bits per heavy atom. The first kappa shape index (κ1) is 17.5.